The van der Waals surface area contributed by atoms with Crippen molar-refractivity contribution in [3.63, 3.8) is 0 Å². The lowest BCUT2D eigenvalue weighted by atomic mass is 10.0. The number of sulfonamides is 1. The van der Waals surface area contributed by atoms with Gasteiger partial charge >= 0.3 is 0 Å². The summed E-state index contributed by atoms with van der Waals surface area (Å²) in [5.74, 6) is -1.32. The van der Waals surface area contributed by atoms with Crippen LogP contribution < -0.4 is 9.84 Å². The summed E-state index contributed by atoms with van der Waals surface area (Å²) < 4.78 is 32.4. The Morgan fingerprint density at radius 3 is 2.54 bits per heavy atom. The molecule has 7 heteroatoms. The summed E-state index contributed by atoms with van der Waals surface area (Å²) in [5, 5.41) is 11.1. The van der Waals surface area contributed by atoms with Crippen LogP contribution in [0.1, 0.15) is 21.5 Å². The van der Waals surface area contributed by atoms with E-state index in [0.717, 1.165) is 17.2 Å². The molecule has 0 saturated heterocycles. The van der Waals surface area contributed by atoms with E-state index < -0.39 is 16.0 Å². The number of methoxy groups -OCH3 is 1. The minimum Gasteiger partial charge on any atom is -0.545 e. The second kappa shape index (κ2) is 6.26. The van der Waals surface area contributed by atoms with Crippen LogP contribution in [0.25, 0.3) is 0 Å². The van der Waals surface area contributed by atoms with Gasteiger partial charge < -0.3 is 14.6 Å². The number of carbonyl (C=O) groups excluding carboxylic acids is 1. The predicted molar refractivity (Wildman–Crippen MR) is 85.1 cm³/mol. The first-order valence-electron chi connectivity index (χ1n) is 7.40. The van der Waals surface area contributed by atoms with Gasteiger partial charge in [0.2, 0.25) is 10.0 Å². The van der Waals surface area contributed by atoms with E-state index in [9.17, 15) is 18.3 Å². The van der Waals surface area contributed by atoms with Gasteiger partial charge in [0.15, 0.2) is 0 Å². The molecule has 0 amide bonds. The normalized spacial score (nSPS) is 14.9. The minimum atomic E-state index is -3.89. The Morgan fingerprint density at radius 2 is 1.88 bits per heavy atom. The highest BCUT2D eigenvalue weighted by molar-refractivity contribution is 7.89. The second-order valence-corrected chi connectivity index (χ2v) is 7.42. The molecule has 0 saturated carbocycles. The molecular formula is C17H16NO5S-. The van der Waals surface area contributed by atoms with E-state index >= 15 is 0 Å². The van der Waals surface area contributed by atoms with Crippen molar-refractivity contribution < 1.29 is 23.1 Å². The molecule has 1 aliphatic rings. The van der Waals surface area contributed by atoms with Gasteiger partial charge in [-0.2, -0.15) is 4.31 Å². The summed E-state index contributed by atoms with van der Waals surface area (Å²) in [6, 6.07) is 11.3. The van der Waals surface area contributed by atoms with Crippen molar-refractivity contribution >= 4 is 16.0 Å². The van der Waals surface area contributed by atoms with Gasteiger partial charge in [0.1, 0.15) is 10.6 Å². The number of hydrogen-bond acceptors (Lipinski definition) is 5. The molecule has 0 atom stereocenters. The predicted octanol–water partition coefficient (Wildman–Crippen LogP) is 0.806. The summed E-state index contributed by atoms with van der Waals surface area (Å²) in [6.45, 7) is 0.579. The fourth-order valence-electron chi connectivity index (χ4n) is 2.82. The van der Waals surface area contributed by atoms with Crippen molar-refractivity contribution in [1.29, 1.82) is 0 Å². The van der Waals surface area contributed by atoms with Crippen molar-refractivity contribution in [3.05, 3.63) is 59.2 Å². The first-order valence-corrected chi connectivity index (χ1v) is 8.84. The van der Waals surface area contributed by atoms with Crippen LogP contribution >= 0.6 is 0 Å². The second-order valence-electron chi connectivity index (χ2n) is 5.51. The zero-order chi connectivity index (χ0) is 17.3. The first kappa shape index (κ1) is 16.5. The largest absolute Gasteiger partial charge is 0.545 e. The van der Waals surface area contributed by atoms with Crippen molar-refractivity contribution in [2.24, 2.45) is 0 Å². The van der Waals surface area contributed by atoms with Crippen molar-refractivity contribution in [2.75, 3.05) is 13.7 Å². The standard InChI is InChI=1S/C17H17NO5S/c1-23-15-7-6-13(17(19)20)10-16(15)24(21,22)18-9-8-12-4-2-3-5-14(12)11-18/h2-7,10H,8-9,11H2,1H3,(H,19,20)/p-1. The van der Waals surface area contributed by atoms with Gasteiger partial charge in [0, 0.05) is 13.1 Å². The Hall–Kier alpha value is -2.38. The van der Waals surface area contributed by atoms with Crippen LogP contribution in [-0.2, 0) is 23.0 Å². The summed E-state index contributed by atoms with van der Waals surface area (Å²) in [4.78, 5) is 10.9. The van der Waals surface area contributed by atoms with Crippen LogP contribution in [0.4, 0.5) is 0 Å². The van der Waals surface area contributed by atoms with E-state index in [2.05, 4.69) is 0 Å². The lowest BCUT2D eigenvalue weighted by Crippen LogP contribution is -2.36. The van der Waals surface area contributed by atoms with Crippen LogP contribution in [-0.4, -0.2) is 32.3 Å². The molecule has 0 aromatic heterocycles. The monoisotopic (exact) mass is 346 g/mol. The zero-order valence-electron chi connectivity index (χ0n) is 13.1. The topological polar surface area (TPSA) is 86.7 Å². The molecule has 0 fully saturated rings. The molecule has 2 aromatic rings. The summed E-state index contributed by atoms with van der Waals surface area (Å²) >= 11 is 0. The van der Waals surface area contributed by atoms with Crippen LogP contribution in [0.5, 0.6) is 5.75 Å². The molecule has 0 N–H and O–H groups in total. The maximum absolute atomic E-state index is 13.0. The highest BCUT2D eigenvalue weighted by Crippen LogP contribution is 2.31. The molecule has 126 valence electrons. The molecule has 1 aliphatic heterocycles. The Balaban J connectivity index is 2.02. The van der Waals surface area contributed by atoms with E-state index in [1.54, 1.807) is 0 Å². The third-order valence-electron chi connectivity index (χ3n) is 4.11. The van der Waals surface area contributed by atoms with Gasteiger partial charge in [-0.1, -0.05) is 24.3 Å². The molecule has 0 spiro atoms. The molecule has 0 aliphatic carbocycles. The Kier molecular flexibility index (Phi) is 4.29. The van der Waals surface area contributed by atoms with E-state index in [1.165, 1.54) is 23.5 Å². The van der Waals surface area contributed by atoms with Gasteiger partial charge in [-0.15, -0.1) is 0 Å². The average molecular weight is 346 g/mol. The lowest BCUT2D eigenvalue weighted by molar-refractivity contribution is -0.255. The van der Waals surface area contributed by atoms with Crippen LogP contribution in [0.2, 0.25) is 0 Å². The quantitative estimate of drug-likeness (QED) is 0.817. The zero-order valence-corrected chi connectivity index (χ0v) is 13.9. The number of ether oxygens (including phenoxy) is 1. The molecule has 1 heterocycles. The van der Waals surface area contributed by atoms with E-state index in [4.69, 9.17) is 4.74 Å². The third-order valence-corrected chi connectivity index (χ3v) is 5.98. The van der Waals surface area contributed by atoms with Crippen molar-refractivity contribution in [2.45, 2.75) is 17.9 Å². The maximum Gasteiger partial charge on any atom is 0.247 e. The minimum absolute atomic E-state index is 0.110. The van der Waals surface area contributed by atoms with Crippen molar-refractivity contribution in [3.8, 4) is 5.75 Å². The van der Waals surface area contributed by atoms with Crippen molar-refractivity contribution in [1.82, 2.24) is 4.31 Å². The Labute approximate surface area is 140 Å². The van der Waals surface area contributed by atoms with Gasteiger partial charge in [-0.3, -0.25) is 0 Å². The summed E-state index contributed by atoms with van der Waals surface area (Å²) in [6.07, 6.45) is 0.609. The Morgan fingerprint density at radius 1 is 1.17 bits per heavy atom. The number of carboxylic acid groups (broad SMARTS) is 1. The van der Waals surface area contributed by atoms with Gasteiger partial charge in [0.05, 0.1) is 13.1 Å². The first-order chi connectivity index (χ1) is 11.4. The van der Waals surface area contributed by atoms with Gasteiger partial charge in [0.25, 0.3) is 0 Å². The average Bonchev–Trinajstić information content (AvgIpc) is 2.60. The van der Waals surface area contributed by atoms with Crippen LogP contribution in [0.15, 0.2) is 47.4 Å². The molecule has 6 nitrogen and oxygen atoms in total. The summed E-state index contributed by atoms with van der Waals surface area (Å²) in [5.41, 5.74) is 1.87. The number of aromatic carboxylic acids is 1. The molecule has 24 heavy (non-hydrogen) atoms. The number of carbonyl (C=O) groups is 1. The maximum atomic E-state index is 13.0. The fraction of sp³-hybridized carbons (Fsp3) is 0.235. The lowest BCUT2D eigenvalue weighted by Gasteiger charge is -2.28. The highest BCUT2D eigenvalue weighted by Gasteiger charge is 2.30. The Bertz CT molecular complexity index is 892. The molecular weight excluding hydrogens is 330 g/mol. The fourth-order valence-corrected chi connectivity index (χ4v) is 4.42. The van der Waals surface area contributed by atoms with E-state index in [0.29, 0.717) is 13.0 Å². The number of hydrogen-bond donors (Lipinski definition) is 0. The highest BCUT2D eigenvalue weighted by atomic mass is 32.2. The molecule has 2 aromatic carbocycles. The van der Waals surface area contributed by atoms with E-state index in [1.807, 2.05) is 24.3 Å². The number of fused-ring (bicyclic) bond motifs is 1. The van der Waals surface area contributed by atoms with E-state index in [-0.39, 0.29) is 22.8 Å². The molecule has 0 radical (unpaired) electrons. The molecule has 0 unspecified atom stereocenters. The molecule has 3 rings (SSSR count). The van der Waals surface area contributed by atoms with Crippen LogP contribution in [0, 0.1) is 0 Å². The van der Waals surface area contributed by atoms with Gasteiger partial charge in [-0.05, 0) is 41.3 Å². The smallest absolute Gasteiger partial charge is 0.247 e. The van der Waals surface area contributed by atoms with Gasteiger partial charge in [-0.25, -0.2) is 8.42 Å². The van der Waals surface area contributed by atoms with Crippen LogP contribution in [0.3, 0.4) is 0 Å². The summed E-state index contributed by atoms with van der Waals surface area (Å²) in [7, 11) is -2.54. The SMILES string of the molecule is COc1ccc(C(=O)[O-])cc1S(=O)(=O)N1CCc2ccccc2C1. The number of benzene rings is 2. The third kappa shape index (κ3) is 2.88. The number of carboxylic acids is 1. The number of rotatable bonds is 4. The number of nitrogens with zero attached hydrogens (tertiary/aromatic N) is 1. The molecule has 0 bridgehead atoms.